The van der Waals surface area contributed by atoms with Crippen LogP contribution in [0, 0.1) is 5.41 Å². The van der Waals surface area contributed by atoms with Crippen LogP contribution in [-0.4, -0.2) is 60.1 Å². The summed E-state index contributed by atoms with van der Waals surface area (Å²) in [6.45, 7) is 6.28. The molecular weight excluding hydrogens is 264 g/mol. The summed E-state index contributed by atoms with van der Waals surface area (Å²) in [6, 6.07) is 0.622. The van der Waals surface area contributed by atoms with Gasteiger partial charge < -0.3 is 10.0 Å². The van der Waals surface area contributed by atoms with Crippen LogP contribution in [0.3, 0.4) is 0 Å². The highest BCUT2D eigenvalue weighted by Crippen LogP contribution is 2.36. The summed E-state index contributed by atoms with van der Waals surface area (Å²) in [5.41, 5.74) is -0.499. The normalized spacial score (nSPS) is 26.9. The first-order valence-electron chi connectivity index (χ1n) is 8.73. The lowest BCUT2D eigenvalue weighted by Crippen LogP contribution is -2.46. The Morgan fingerprint density at radius 2 is 1.90 bits per heavy atom. The lowest BCUT2D eigenvalue weighted by Gasteiger charge is -2.35. The third-order valence-corrected chi connectivity index (χ3v) is 5.51. The van der Waals surface area contributed by atoms with Gasteiger partial charge in [-0.25, -0.2) is 0 Å². The predicted molar refractivity (Wildman–Crippen MR) is 85.5 cm³/mol. The molecule has 1 saturated heterocycles. The maximum Gasteiger partial charge on any atom is 0.310 e. The molecule has 2 rings (SSSR count). The van der Waals surface area contributed by atoms with Gasteiger partial charge in [0, 0.05) is 19.1 Å². The first kappa shape index (κ1) is 16.8. The van der Waals surface area contributed by atoms with Crippen LogP contribution in [0.25, 0.3) is 0 Å². The van der Waals surface area contributed by atoms with Crippen molar-refractivity contribution in [3.05, 3.63) is 0 Å². The average molecular weight is 296 g/mol. The standard InChI is InChI=1S/C17H32N2O2/c1-3-19-12-8-9-15(19)13-18(2)14-17(16(20)21)10-6-4-5-7-11-17/h15H,3-14H2,1-2H3,(H,20,21). The fraction of sp³-hybridized carbons (Fsp3) is 0.941. The third kappa shape index (κ3) is 4.19. The van der Waals surface area contributed by atoms with Gasteiger partial charge in [-0.1, -0.05) is 32.6 Å². The summed E-state index contributed by atoms with van der Waals surface area (Å²) in [5.74, 6) is -0.574. The number of hydrogen-bond donors (Lipinski definition) is 1. The van der Waals surface area contributed by atoms with Crippen LogP contribution >= 0.6 is 0 Å². The molecule has 122 valence electrons. The number of nitrogens with zero attached hydrogens (tertiary/aromatic N) is 2. The van der Waals surface area contributed by atoms with Crippen LogP contribution in [0.2, 0.25) is 0 Å². The van der Waals surface area contributed by atoms with E-state index in [0.29, 0.717) is 6.04 Å². The highest BCUT2D eigenvalue weighted by atomic mass is 16.4. The Hall–Kier alpha value is -0.610. The molecule has 1 atom stereocenters. The first-order chi connectivity index (χ1) is 10.1. The summed E-state index contributed by atoms with van der Waals surface area (Å²) in [7, 11) is 2.11. The zero-order valence-electron chi connectivity index (χ0n) is 13.8. The molecule has 1 aliphatic carbocycles. The number of hydrogen-bond acceptors (Lipinski definition) is 3. The topological polar surface area (TPSA) is 43.8 Å². The molecule has 4 heteroatoms. The van der Waals surface area contributed by atoms with Gasteiger partial charge in [0.1, 0.15) is 0 Å². The number of likely N-dealkylation sites (tertiary alicyclic amines) is 1. The van der Waals surface area contributed by atoms with Crippen molar-refractivity contribution in [2.24, 2.45) is 5.41 Å². The number of carboxylic acids is 1. The molecule has 2 aliphatic rings. The highest BCUT2D eigenvalue weighted by Gasteiger charge is 2.40. The van der Waals surface area contributed by atoms with Crippen molar-refractivity contribution in [2.45, 2.75) is 64.3 Å². The zero-order chi connectivity index (χ0) is 15.3. The van der Waals surface area contributed by atoms with E-state index in [1.54, 1.807) is 0 Å². The van der Waals surface area contributed by atoms with Gasteiger partial charge in [-0.05, 0) is 45.8 Å². The van der Waals surface area contributed by atoms with Crippen molar-refractivity contribution in [1.29, 1.82) is 0 Å². The second-order valence-corrected chi connectivity index (χ2v) is 7.12. The minimum atomic E-state index is -0.574. The Morgan fingerprint density at radius 3 is 2.48 bits per heavy atom. The molecule has 0 bridgehead atoms. The monoisotopic (exact) mass is 296 g/mol. The molecule has 0 spiro atoms. The van der Waals surface area contributed by atoms with Crippen molar-refractivity contribution in [1.82, 2.24) is 9.80 Å². The van der Waals surface area contributed by atoms with Crippen LogP contribution < -0.4 is 0 Å². The lowest BCUT2D eigenvalue weighted by atomic mass is 9.80. The van der Waals surface area contributed by atoms with Gasteiger partial charge in [0.05, 0.1) is 5.41 Å². The Bertz CT molecular complexity index is 338. The van der Waals surface area contributed by atoms with E-state index >= 15 is 0 Å². The largest absolute Gasteiger partial charge is 0.481 e. The van der Waals surface area contributed by atoms with Crippen LogP contribution in [0.1, 0.15) is 58.3 Å². The van der Waals surface area contributed by atoms with Gasteiger partial charge in [-0.15, -0.1) is 0 Å². The summed E-state index contributed by atoms with van der Waals surface area (Å²) < 4.78 is 0. The second kappa shape index (κ2) is 7.59. The minimum Gasteiger partial charge on any atom is -0.481 e. The minimum absolute atomic E-state index is 0.499. The first-order valence-corrected chi connectivity index (χ1v) is 8.73. The third-order valence-electron chi connectivity index (χ3n) is 5.51. The van der Waals surface area contributed by atoms with E-state index < -0.39 is 11.4 Å². The molecule has 1 N–H and O–H groups in total. The van der Waals surface area contributed by atoms with Gasteiger partial charge in [0.25, 0.3) is 0 Å². The second-order valence-electron chi connectivity index (χ2n) is 7.12. The molecule has 1 unspecified atom stereocenters. The van der Waals surface area contributed by atoms with Crippen molar-refractivity contribution in [3.8, 4) is 0 Å². The Labute approximate surface area is 129 Å². The van der Waals surface area contributed by atoms with Crippen molar-refractivity contribution in [2.75, 3.05) is 33.2 Å². The van der Waals surface area contributed by atoms with Crippen LogP contribution in [0.4, 0.5) is 0 Å². The molecule has 0 aromatic heterocycles. The van der Waals surface area contributed by atoms with Gasteiger partial charge in [-0.3, -0.25) is 9.69 Å². The smallest absolute Gasteiger partial charge is 0.310 e. The van der Waals surface area contributed by atoms with Crippen LogP contribution in [-0.2, 0) is 4.79 Å². The Balaban J connectivity index is 1.94. The summed E-state index contributed by atoms with van der Waals surface area (Å²) in [4.78, 5) is 16.7. The van der Waals surface area contributed by atoms with E-state index in [9.17, 15) is 9.90 Å². The average Bonchev–Trinajstić information content (AvgIpc) is 2.74. The summed E-state index contributed by atoms with van der Waals surface area (Å²) in [6.07, 6.45) is 8.81. The van der Waals surface area contributed by atoms with E-state index in [0.717, 1.165) is 45.3 Å². The summed E-state index contributed by atoms with van der Waals surface area (Å²) in [5, 5.41) is 9.78. The van der Waals surface area contributed by atoms with Crippen LogP contribution in [0.5, 0.6) is 0 Å². The molecule has 0 amide bonds. The molecule has 4 nitrogen and oxygen atoms in total. The molecule has 21 heavy (non-hydrogen) atoms. The van der Waals surface area contributed by atoms with Crippen molar-refractivity contribution >= 4 is 5.97 Å². The molecular formula is C17H32N2O2. The molecule has 2 fully saturated rings. The molecule has 0 aromatic carbocycles. The highest BCUT2D eigenvalue weighted by molar-refractivity contribution is 5.75. The fourth-order valence-corrected chi connectivity index (χ4v) is 4.30. The number of likely N-dealkylation sites (N-methyl/N-ethyl adjacent to an activating group) is 2. The van der Waals surface area contributed by atoms with Crippen molar-refractivity contribution in [3.63, 3.8) is 0 Å². The van der Waals surface area contributed by atoms with Gasteiger partial charge >= 0.3 is 5.97 Å². The fourth-order valence-electron chi connectivity index (χ4n) is 4.30. The van der Waals surface area contributed by atoms with Crippen molar-refractivity contribution < 1.29 is 9.90 Å². The zero-order valence-corrected chi connectivity index (χ0v) is 13.8. The lowest BCUT2D eigenvalue weighted by molar-refractivity contribution is -0.151. The molecule has 1 saturated carbocycles. The predicted octanol–water partition coefficient (Wildman–Crippen LogP) is 2.83. The number of carboxylic acid groups (broad SMARTS) is 1. The number of rotatable bonds is 6. The quantitative estimate of drug-likeness (QED) is 0.766. The Morgan fingerprint density at radius 1 is 1.24 bits per heavy atom. The SMILES string of the molecule is CCN1CCCC1CN(C)CC1(C(=O)O)CCCCCC1. The van der Waals surface area contributed by atoms with Gasteiger partial charge in [-0.2, -0.15) is 0 Å². The molecule has 0 aromatic rings. The van der Waals surface area contributed by atoms with Gasteiger partial charge in [0.2, 0.25) is 0 Å². The van der Waals surface area contributed by atoms with E-state index in [2.05, 4.69) is 23.8 Å². The number of carbonyl (C=O) groups is 1. The summed E-state index contributed by atoms with van der Waals surface area (Å²) >= 11 is 0. The van der Waals surface area contributed by atoms with E-state index in [1.165, 1.54) is 32.2 Å². The van der Waals surface area contributed by atoms with E-state index in [4.69, 9.17) is 0 Å². The molecule has 1 heterocycles. The maximum atomic E-state index is 11.9. The van der Waals surface area contributed by atoms with E-state index in [1.807, 2.05) is 0 Å². The van der Waals surface area contributed by atoms with Gasteiger partial charge in [0.15, 0.2) is 0 Å². The van der Waals surface area contributed by atoms with Crippen LogP contribution in [0.15, 0.2) is 0 Å². The molecule has 0 radical (unpaired) electrons. The number of aliphatic carboxylic acids is 1. The van der Waals surface area contributed by atoms with E-state index in [-0.39, 0.29) is 0 Å². The maximum absolute atomic E-state index is 11.9. The Kier molecular flexibility index (Phi) is 6.06. The molecule has 1 aliphatic heterocycles.